The first-order valence-electron chi connectivity index (χ1n) is 12.5. The van der Waals surface area contributed by atoms with E-state index in [1.54, 1.807) is 21.8 Å². The van der Waals surface area contributed by atoms with Crippen LogP contribution in [0, 0.1) is 11.8 Å². The number of aryl methyl sites for hydroxylation is 1. The van der Waals surface area contributed by atoms with Gasteiger partial charge in [0.1, 0.15) is 5.60 Å². The number of pyridine rings is 1. The molecule has 4 aromatic rings. The molecule has 2 fully saturated rings. The molecule has 1 spiro atoms. The van der Waals surface area contributed by atoms with Gasteiger partial charge in [-0.15, -0.1) is 0 Å². The molecule has 0 bridgehead atoms. The van der Waals surface area contributed by atoms with Gasteiger partial charge >= 0.3 is 0 Å². The van der Waals surface area contributed by atoms with Crippen molar-refractivity contribution < 1.29 is 14.3 Å². The van der Waals surface area contributed by atoms with E-state index in [0.717, 1.165) is 27.7 Å². The third kappa shape index (κ3) is 4.60. The molecule has 2 saturated heterocycles. The van der Waals surface area contributed by atoms with Crippen molar-refractivity contribution in [2.24, 2.45) is 18.9 Å². The van der Waals surface area contributed by atoms with Crippen LogP contribution in [0.25, 0.3) is 22.0 Å². The summed E-state index contributed by atoms with van der Waals surface area (Å²) in [5, 5.41) is 12.4. The van der Waals surface area contributed by atoms with Crippen LogP contribution in [0.1, 0.15) is 13.3 Å². The van der Waals surface area contributed by atoms with Gasteiger partial charge in [0.05, 0.1) is 49.8 Å². The fourth-order valence-electron chi connectivity index (χ4n) is 5.30. The molecule has 5 heterocycles. The van der Waals surface area contributed by atoms with Gasteiger partial charge in [-0.25, -0.2) is 0 Å². The third-order valence-corrected chi connectivity index (χ3v) is 7.28. The van der Waals surface area contributed by atoms with Crippen molar-refractivity contribution in [3.63, 3.8) is 0 Å². The molecule has 2 atom stereocenters. The van der Waals surface area contributed by atoms with Gasteiger partial charge in [0.25, 0.3) is 0 Å². The smallest absolute Gasteiger partial charge is 0.229 e. The highest BCUT2D eigenvalue weighted by molar-refractivity contribution is 5.96. The lowest BCUT2D eigenvalue weighted by atomic mass is 9.86. The number of nitrogens with zero attached hydrogens (tertiary/aromatic N) is 6. The molecule has 1 aromatic carbocycles. The van der Waals surface area contributed by atoms with E-state index >= 15 is 0 Å². The topological polar surface area (TPSA) is 107 Å². The highest BCUT2D eigenvalue weighted by atomic mass is 16.5. The van der Waals surface area contributed by atoms with Crippen LogP contribution in [0.15, 0.2) is 61.3 Å². The number of aromatic nitrogens is 5. The number of anilines is 1. The zero-order valence-electron chi connectivity index (χ0n) is 20.9. The second kappa shape index (κ2) is 9.11. The molecule has 2 unspecified atom stereocenters. The standard InChI is InChI=1S/C27H29N7O3/c1-18(13-34-7-3-6-29-34)26(36)33-16-27(17-33)10-21(15-37-27)25(35)31-23-4-5-24-19(9-23)8-20(11-28-24)22-12-30-32(2)14-22/h3-9,11-12,14,18,21H,10,13,15-17H2,1-2H3,(H,31,35). The Morgan fingerprint density at radius 3 is 2.81 bits per heavy atom. The van der Waals surface area contributed by atoms with Crippen molar-refractivity contribution in [3.05, 3.63) is 61.3 Å². The predicted octanol–water partition coefficient (Wildman–Crippen LogP) is 2.72. The van der Waals surface area contributed by atoms with E-state index in [1.807, 2.05) is 61.7 Å². The number of ether oxygens (including phenoxy) is 1. The number of carbonyl (C=O) groups is 2. The average Bonchev–Trinajstić information content (AvgIpc) is 3.63. The number of likely N-dealkylation sites (tertiary alicyclic amines) is 1. The minimum atomic E-state index is -0.422. The number of amides is 2. The lowest BCUT2D eigenvalue weighted by Gasteiger charge is -2.48. The van der Waals surface area contributed by atoms with Crippen molar-refractivity contribution in [1.82, 2.24) is 29.4 Å². The second-order valence-electron chi connectivity index (χ2n) is 10.2. The molecule has 0 saturated carbocycles. The molecule has 1 N–H and O–H groups in total. The quantitative estimate of drug-likeness (QED) is 0.437. The van der Waals surface area contributed by atoms with E-state index in [9.17, 15) is 9.59 Å². The minimum Gasteiger partial charge on any atom is -0.370 e. The number of hydrogen-bond acceptors (Lipinski definition) is 6. The monoisotopic (exact) mass is 499 g/mol. The van der Waals surface area contributed by atoms with Gasteiger partial charge in [0.2, 0.25) is 11.8 Å². The van der Waals surface area contributed by atoms with Crippen LogP contribution < -0.4 is 5.32 Å². The van der Waals surface area contributed by atoms with Crippen molar-refractivity contribution in [3.8, 4) is 11.1 Å². The summed E-state index contributed by atoms with van der Waals surface area (Å²) in [4.78, 5) is 32.2. The summed E-state index contributed by atoms with van der Waals surface area (Å²) < 4.78 is 9.59. The van der Waals surface area contributed by atoms with Gasteiger partial charge in [-0.1, -0.05) is 6.92 Å². The van der Waals surface area contributed by atoms with Gasteiger partial charge in [-0.05, 0) is 36.8 Å². The minimum absolute atomic E-state index is 0.0653. The summed E-state index contributed by atoms with van der Waals surface area (Å²) in [6, 6.07) is 9.62. The lowest BCUT2D eigenvalue weighted by Crippen LogP contribution is -2.64. The Morgan fingerprint density at radius 1 is 1.19 bits per heavy atom. The van der Waals surface area contributed by atoms with Gasteiger partial charge in [0.15, 0.2) is 0 Å². The molecule has 10 heteroatoms. The Morgan fingerprint density at radius 2 is 2.05 bits per heavy atom. The molecule has 3 aromatic heterocycles. The Hall–Kier alpha value is -4.05. The Labute approximate surface area is 214 Å². The van der Waals surface area contributed by atoms with E-state index in [1.165, 1.54) is 0 Å². The zero-order chi connectivity index (χ0) is 25.6. The number of fused-ring (bicyclic) bond motifs is 1. The summed E-state index contributed by atoms with van der Waals surface area (Å²) in [5.74, 6) is -0.398. The van der Waals surface area contributed by atoms with Gasteiger partial charge in [-0.3, -0.25) is 23.9 Å². The highest BCUT2D eigenvalue weighted by Gasteiger charge is 2.53. The molecule has 37 heavy (non-hydrogen) atoms. The average molecular weight is 500 g/mol. The van der Waals surface area contributed by atoms with Crippen LogP contribution in [0.2, 0.25) is 0 Å². The fraction of sp³-hybridized carbons (Fsp3) is 0.370. The first kappa shape index (κ1) is 23.4. The molecule has 0 aliphatic carbocycles. The first-order valence-corrected chi connectivity index (χ1v) is 12.5. The van der Waals surface area contributed by atoms with E-state index < -0.39 is 5.60 Å². The van der Waals surface area contributed by atoms with Crippen molar-refractivity contribution >= 4 is 28.4 Å². The SMILES string of the molecule is CC(Cn1cccn1)C(=O)N1CC2(CC(C(=O)Nc3ccc4ncc(-c5cnn(C)c5)cc4c3)CO2)C1. The Bertz CT molecular complexity index is 1460. The predicted molar refractivity (Wildman–Crippen MR) is 137 cm³/mol. The number of rotatable bonds is 6. The van der Waals surface area contributed by atoms with Crippen LogP contribution in [0.4, 0.5) is 5.69 Å². The Kier molecular flexibility index (Phi) is 5.75. The molecular formula is C27H29N7O3. The maximum Gasteiger partial charge on any atom is 0.229 e. The lowest BCUT2D eigenvalue weighted by molar-refractivity contribution is -0.161. The summed E-state index contributed by atoms with van der Waals surface area (Å²) in [6.07, 6.45) is 9.76. The number of hydrogen-bond donors (Lipinski definition) is 1. The van der Waals surface area contributed by atoms with Crippen molar-refractivity contribution in [2.45, 2.75) is 25.5 Å². The number of benzene rings is 1. The van der Waals surface area contributed by atoms with E-state index in [4.69, 9.17) is 4.74 Å². The molecule has 10 nitrogen and oxygen atoms in total. The maximum absolute atomic E-state index is 13.1. The third-order valence-electron chi connectivity index (χ3n) is 7.28. The molecule has 2 amide bonds. The normalized spacial score (nSPS) is 19.2. The number of nitrogens with one attached hydrogen (secondary N) is 1. The molecule has 6 rings (SSSR count). The van der Waals surface area contributed by atoms with Crippen LogP contribution in [0.3, 0.4) is 0 Å². The van der Waals surface area contributed by atoms with Crippen molar-refractivity contribution in [1.29, 1.82) is 0 Å². The van der Waals surface area contributed by atoms with Gasteiger partial charge < -0.3 is 15.0 Å². The highest BCUT2D eigenvalue weighted by Crippen LogP contribution is 2.39. The molecule has 190 valence electrons. The van der Waals surface area contributed by atoms with Crippen molar-refractivity contribution in [2.75, 3.05) is 25.0 Å². The zero-order valence-corrected chi connectivity index (χ0v) is 20.9. The molecule has 2 aliphatic heterocycles. The largest absolute Gasteiger partial charge is 0.370 e. The van der Waals surface area contributed by atoms with Gasteiger partial charge in [-0.2, -0.15) is 10.2 Å². The van der Waals surface area contributed by atoms with E-state index in [0.29, 0.717) is 32.7 Å². The Balaban J connectivity index is 1.06. The first-order chi connectivity index (χ1) is 17.9. The van der Waals surface area contributed by atoms with E-state index in [-0.39, 0.29) is 23.7 Å². The molecule has 2 aliphatic rings. The van der Waals surface area contributed by atoms with Gasteiger partial charge in [0, 0.05) is 54.0 Å². The summed E-state index contributed by atoms with van der Waals surface area (Å²) >= 11 is 0. The second-order valence-corrected chi connectivity index (χ2v) is 10.2. The number of carbonyl (C=O) groups excluding carboxylic acids is 2. The van der Waals surface area contributed by atoms with Crippen LogP contribution in [0.5, 0.6) is 0 Å². The van der Waals surface area contributed by atoms with Crippen LogP contribution >= 0.6 is 0 Å². The van der Waals surface area contributed by atoms with E-state index in [2.05, 4.69) is 26.6 Å². The maximum atomic E-state index is 13.1. The summed E-state index contributed by atoms with van der Waals surface area (Å²) in [5.41, 5.74) is 3.12. The molecule has 0 radical (unpaired) electrons. The fourth-order valence-corrected chi connectivity index (χ4v) is 5.30. The molecular weight excluding hydrogens is 470 g/mol. The summed E-state index contributed by atoms with van der Waals surface area (Å²) in [6.45, 7) is 3.87. The van der Waals surface area contributed by atoms with Crippen LogP contribution in [-0.4, -0.2) is 66.6 Å². The summed E-state index contributed by atoms with van der Waals surface area (Å²) in [7, 11) is 1.88. The van der Waals surface area contributed by atoms with Crippen LogP contribution in [-0.2, 0) is 27.9 Å².